The average molecular weight is 290 g/mol. The molecular weight excluding hydrogens is 264 g/mol. The van der Waals surface area contributed by atoms with Gasteiger partial charge in [-0.1, -0.05) is 12.1 Å². The fourth-order valence-corrected chi connectivity index (χ4v) is 2.97. The molecule has 2 N–H and O–H groups in total. The first-order valence-electron chi connectivity index (χ1n) is 7.85. The lowest BCUT2D eigenvalue weighted by molar-refractivity contribution is -0.131. The highest BCUT2D eigenvalue weighted by Crippen LogP contribution is 2.23. The molecule has 2 unspecified atom stereocenters. The third-order valence-electron chi connectivity index (χ3n) is 4.18. The lowest BCUT2D eigenvalue weighted by atomic mass is 10.1. The second-order valence-electron chi connectivity index (χ2n) is 5.81. The quantitative estimate of drug-likeness (QED) is 0.874. The van der Waals surface area contributed by atoms with Crippen LogP contribution in [0.15, 0.2) is 24.3 Å². The number of benzene rings is 1. The van der Waals surface area contributed by atoms with Gasteiger partial charge in [-0.2, -0.15) is 0 Å². The first kappa shape index (κ1) is 15.8. The Morgan fingerprint density at radius 2 is 2.10 bits per heavy atom. The number of likely N-dealkylation sites (tertiary alicyclic amines) is 1. The van der Waals surface area contributed by atoms with E-state index in [2.05, 4.69) is 6.92 Å². The van der Waals surface area contributed by atoms with Crippen LogP contribution < -0.4 is 10.5 Å². The molecule has 0 aliphatic carbocycles. The molecular formula is C17H26N2O2. The van der Waals surface area contributed by atoms with Crippen molar-refractivity contribution in [3.8, 4) is 5.75 Å². The zero-order valence-corrected chi connectivity index (χ0v) is 13.0. The summed E-state index contributed by atoms with van der Waals surface area (Å²) >= 11 is 0. The molecule has 1 aromatic rings. The van der Waals surface area contributed by atoms with E-state index in [1.165, 1.54) is 5.56 Å². The van der Waals surface area contributed by atoms with Crippen LogP contribution in [-0.2, 0) is 11.2 Å². The molecule has 4 heteroatoms. The predicted octanol–water partition coefficient (Wildman–Crippen LogP) is 2.21. The van der Waals surface area contributed by atoms with Gasteiger partial charge in [0.15, 0.2) is 0 Å². The Bertz CT molecular complexity index is 458. The minimum atomic E-state index is 0.243. The summed E-state index contributed by atoms with van der Waals surface area (Å²) in [7, 11) is 0. The van der Waals surface area contributed by atoms with Crippen molar-refractivity contribution in [2.24, 2.45) is 11.7 Å². The fraction of sp³-hybridized carbons (Fsp3) is 0.588. The van der Waals surface area contributed by atoms with Gasteiger partial charge in [0.05, 0.1) is 6.61 Å². The Balaban J connectivity index is 1.83. The minimum absolute atomic E-state index is 0.243. The molecule has 1 saturated heterocycles. The van der Waals surface area contributed by atoms with Crippen LogP contribution in [0.5, 0.6) is 5.75 Å². The summed E-state index contributed by atoms with van der Waals surface area (Å²) in [6, 6.07) is 8.33. The summed E-state index contributed by atoms with van der Waals surface area (Å²) in [5.41, 5.74) is 6.89. The Morgan fingerprint density at radius 1 is 1.38 bits per heavy atom. The third-order valence-corrected chi connectivity index (χ3v) is 4.18. The van der Waals surface area contributed by atoms with Crippen molar-refractivity contribution in [1.82, 2.24) is 4.90 Å². The van der Waals surface area contributed by atoms with Crippen molar-refractivity contribution in [3.05, 3.63) is 29.8 Å². The number of hydrogen-bond acceptors (Lipinski definition) is 3. The number of aryl methyl sites for hydroxylation is 1. The van der Waals surface area contributed by atoms with Crippen molar-refractivity contribution in [2.75, 3.05) is 19.7 Å². The van der Waals surface area contributed by atoms with Gasteiger partial charge in [-0.15, -0.1) is 0 Å². The van der Waals surface area contributed by atoms with E-state index >= 15 is 0 Å². The Kier molecular flexibility index (Phi) is 5.62. The molecule has 0 radical (unpaired) electrons. The maximum atomic E-state index is 12.3. The topological polar surface area (TPSA) is 55.6 Å². The van der Waals surface area contributed by atoms with Gasteiger partial charge in [-0.3, -0.25) is 4.79 Å². The number of ether oxygens (including phenoxy) is 1. The number of amides is 1. The molecule has 1 aliphatic heterocycles. The monoisotopic (exact) mass is 290 g/mol. The highest BCUT2D eigenvalue weighted by Gasteiger charge is 2.30. The van der Waals surface area contributed by atoms with Crippen LogP contribution >= 0.6 is 0 Å². The van der Waals surface area contributed by atoms with Crippen molar-refractivity contribution in [1.29, 1.82) is 0 Å². The number of carbonyl (C=O) groups is 1. The molecule has 4 nitrogen and oxygen atoms in total. The summed E-state index contributed by atoms with van der Waals surface area (Å²) in [6.07, 6.45) is 2.38. The van der Waals surface area contributed by atoms with Gasteiger partial charge in [0, 0.05) is 19.0 Å². The van der Waals surface area contributed by atoms with E-state index in [1.54, 1.807) is 0 Å². The van der Waals surface area contributed by atoms with Crippen molar-refractivity contribution in [2.45, 2.75) is 39.2 Å². The van der Waals surface area contributed by atoms with E-state index in [1.807, 2.05) is 36.1 Å². The molecule has 1 heterocycles. The molecule has 2 atom stereocenters. The SMILES string of the molecule is CCOc1ccc(CCC(=O)N2CC(CN)CC2C)cc1. The lowest BCUT2D eigenvalue weighted by Gasteiger charge is -2.21. The Hall–Kier alpha value is -1.55. The van der Waals surface area contributed by atoms with Crippen molar-refractivity contribution in [3.63, 3.8) is 0 Å². The van der Waals surface area contributed by atoms with Crippen molar-refractivity contribution >= 4 is 5.91 Å². The summed E-state index contributed by atoms with van der Waals surface area (Å²) in [4.78, 5) is 14.3. The van der Waals surface area contributed by atoms with Gasteiger partial charge in [-0.25, -0.2) is 0 Å². The van der Waals surface area contributed by atoms with Gasteiger partial charge in [-0.05, 0) is 56.8 Å². The van der Waals surface area contributed by atoms with Crippen LogP contribution in [0, 0.1) is 5.92 Å². The summed E-state index contributed by atoms with van der Waals surface area (Å²) < 4.78 is 5.42. The first-order valence-corrected chi connectivity index (χ1v) is 7.85. The average Bonchev–Trinajstić information content (AvgIpc) is 2.88. The highest BCUT2D eigenvalue weighted by molar-refractivity contribution is 5.77. The van der Waals surface area contributed by atoms with Crippen LogP contribution in [0.25, 0.3) is 0 Å². The lowest BCUT2D eigenvalue weighted by Crippen LogP contribution is -2.34. The van der Waals surface area contributed by atoms with E-state index in [0.29, 0.717) is 31.5 Å². The van der Waals surface area contributed by atoms with E-state index in [4.69, 9.17) is 10.5 Å². The second-order valence-corrected chi connectivity index (χ2v) is 5.81. The number of carbonyl (C=O) groups excluding carboxylic acids is 1. The van der Waals surface area contributed by atoms with Gasteiger partial charge in [0.25, 0.3) is 0 Å². The van der Waals surface area contributed by atoms with Crippen LogP contribution in [0.1, 0.15) is 32.3 Å². The first-order chi connectivity index (χ1) is 10.1. The summed E-state index contributed by atoms with van der Waals surface area (Å²) in [5, 5.41) is 0. The number of nitrogens with zero attached hydrogens (tertiary/aromatic N) is 1. The van der Waals surface area contributed by atoms with Crippen LogP contribution in [0.4, 0.5) is 0 Å². The number of nitrogens with two attached hydrogens (primary N) is 1. The highest BCUT2D eigenvalue weighted by atomic mass is 16.5. The largest absolute Gasteiger partial charge is 0.494 e. The smallest absolute Gasteiger partial charge is 0.223 e. The zero-order chi connectivity index (χ0) is 15.2. The summed E-state index contributed by atoms with van der Waals surface area (Å²) in [5.74, 6) is 1.59. The normalized spacial score (nSPS) is 21.6. The second kappa shape index (κ2) is 7.46. The molecule has 116 valence electrons. The Morgan fingerprint density at radius 3 is 2.67 bits per heavy atom. The van der Waals surface area contributed by atoms with Gasteiger partial charge in [0.2, 0.25) is 5.91 Å². The molecule has 0 bridgehead atoms. The van der Waals surface area contributed by atoms with Gasteiger partial charge >= 0.3 is 0 Å². The molecule has 0 spiro atoms. The third kappa shape index (κ3) is 4.21. The zero-order valence-electron chi connectivity index (χ0n) is 13.0. The van der Waals surface area contributed by atoms with Crippen LogP contribution in [0.3, 0.4) is 0 Å². The van der Waals surface area contributed by atoms with E-state index in [-0.39, 0.29) is 5.91 Å². The molecule has 1 amide bonds. The molecule has 0 saturated carbocycles. The molecule has 0 aromatic heterocycles. The number of rotatable bonds is 6. The van der Waals surface area contributed by atoms with Crippen LogP contribution in [0.2, 0.25) is 0 Å². The summed E-state index contributed by atoms with van der Waals surface area (Å²) in [6.45, 7) is 6.25. The molecule has 1 fully saturated rings. The van der Waals surface area contributed by atoms with E-state index in [9.17, 15) is 4.79 Å². The van der Waals surface area contributed by atoms with Crippen molar-refractivity contribution < 1.29 is 9.53 Å². The standard InChI is InChI=1S/C17H26N2O2/c1-3-21-16-7-4-14(5-8-16)6-9-17(20)19-12-15(11-18)10-13(19)2/h4-5,7-8,13,15H,3,6,9-12,18H2,1-2H3. The van der Waals surface area contributed by atoms with Crippen LogP contribution in [-0.4, -0.2) is 36.5 Å². The minimum Gasteiger partial charge on any atom is -0.494 e. The molecule has 1 aliphatic rings. The van der Waals surface area contributed by atoms with E-state index in [0.717, 1.165) is 25.1 Å². The fourth-order valence-electron chi connectivity index (χ4n) is 2.97. The molecule has 1 aromatic carbocycles. The molecule has 21 heavy (non-hydrogen) atoms. The van der Waals surface area contributed by atoms with Gasteiger partial charge < -0.3 is 15.4 Å². The predicted molar refractivity (Wildman–Crippen MR) is 84.3 cm³/mol. The Labute approximate surface area is 127 Å². The van der Waals surface area contributed by atoms with Gasteiger partial charge in [0.1, 0.15) is 5.75 Å². The number of hydrogen-bond donors (Lipinski definition) is 1. The maximum Gasteiger partial charge on any atom is 0.223 e. The maximum absolute atomic E-state index is 12.3. The van der Waals surface area contributed by atoms with E-state index < -0.39 is 0 Å². The molecule has 2 rings (SSSR count).